The van der Waals surface area contributed by atoms with Gasteiger partial charge in [0.1, 0.15) is 5.69 Å². The van der Waals surface area contributed by atoms with Gasteiger partial charge in [0.05, 0.1) is 17.6 Å². The van der Waals surface area contributed by atoms with Crippen LogP contribution in [0.3, 0.4) is 0 Å². The molecule has 0 saturated heterocycles. The Morgan fingerprint density at radius 1 is 1.15 bits per heavy atom. The number of hydrogen-bond acceptors (Lipinski definition) is 6. The van der Waals surface area contributed by atoms with Gasteiger partial charge in [-0.3, -0.25) is 20.2 Å². The summed E-state index contributed by atoms with van der Waals surface area (Å²) >= 11 is 10.7. The van der Waals surface area contributed by atoms with E-state index in [9.17, 15) is 19.7 Å². The molecular weight excluding hydrogens is 382 g/mol. The Kier molecular flexibility index (Phi) is 6.21. The van der Waals surface area contributed by atoms with Crippen LogP contribution < -0.4 is 10.6 Å². The van der Waals surface area contributed by atoms with E-state index in [0.29, 0.717) is 5.56 Å². The first-order valence-electron chi connectivity index (χ1n) is 7.06. The maximum Gasteiger partial charge on any atom is 0.337 e. The minimum atomic E-state index is -0.621. The first kappa shape index (κ1) is 19.3. The van der Waals surface area contributed by atoms with Crippen molar-refractivity contribution < 1.29 is 19.2 Å². The number of esters is 1. The third-order valence-corrected chi connectivity index (χ3v) is 3.64. The van der Waals surface area contributed by atoms with Crippen molar-refractivity contribution in [1.29, 1.82) is 0 Å². The molecule has 0 aliphatic heterocycles. The molecule has 0 aromatic heterocycles. The molecule has 0 radical (unpaired) electrons. The van der Waals surface area contributed by atoms with Crippen molar-refractivity contribution in [1.82, 2.24) is 5.32 Å². The lowest BCUT2D eigenvalue weighted by molar-refractivity contribution is -0.383. The van der Waals surface area contributed by atoms with E-state index in [1.807, 2.05) is 0 Å². The zero-order valence-electron chi connectivity index (χ0n) is 13.3. The molecule has 0 heterocycles. The van der Waals surface area contributed by atoms with Crippen molar-refractivity contribution >= 4 is 52.2 Å². The number of nitrogens with zero attached hydrogens (tertiary/aromatic N) is 1. The number of rotatable bonds is 4. The molecule has 0 aliphatic carbocycles. The molecule has 1 amide bonds. The molecular formula is C16H12ClN3O5S. The molecule has 0 spiro atoms. The number of carbonyl (C=O) groups is 2. The summed E-state index contributed by atoms with van der Waals surface area (Å²) in [5, 5.41) is 16.1. The number of anilines is 1. The van der Waals surface area contributed by atoms with Crippen molar-refractivity contribution in [3.63, 3.8) is 0 Å². The van der Waals surface area contributed by atoms with E-state index in [2.05, 4.69) is 15.4 Å². The third-order valence-electron chi connectivity index (χ3n) is 3.20. The van der Waals surface area contributed by atoms with E-state index in [1.165, 1.54) is 49.6 Å². The normalized spacial score (nSPS) is 9.92. The topological polar surface area (TPSA) is 111 Å². The van der Waals surface area contributed by atoms with Gasteiger partial charge in [-0.25, -0.2) is 4.79 Å². The molecule has 26 heavy (non-hydrogen) atoms. The minimum absolute atomic E-state index is 0.0886. The summed E-state index contributed by atoms with van der Waals surface area (Å²) in [5.41, 5.74) is 0.344. The van der Waals surface area contributed by atoms with Gasteiger partial charge in [0.15, 0.2) is 5.11 Å². The molecule has 10 heteroatoms. The van der Waals surface area contributed by atoms with Crippen LogP contribution in [0.1, 0.15) is 20.7 Å². The van der Waals surface area contributed by atoms with E-state index in [1.54, 1.807) is 0 Å². The number of amides is 1. The average molecular weight is 394 g/mol. The lowest BCUT2D eigenvalue weighted by Crippen LogP contribution is -2.34. The van der Waals surface area contributed by atoms with Gasteiger partial charge in [0.25, 0.3) is 11.6 Å². The van der Waals surface area contributed by atoms with Crippen molar-refractivity contribution in [2.45, 2.75) is 0 Å². The highest BCUT2D eigenvalue weighted by Gasteiger charge is 2.16. The first-order valence-corrected chi connectivity index (χ1v) is 7.85. The van der Waals surface area contributed by atoms with Crippen molar-refractivity contribution in [3.05, 3.63) is 68.7 Å². The van der Waals surface area contributed by atoms with E-state index < -0.39 is 16.8 Å². The SMILES string of the molecule is COC(=O)c1ccc(C(=O)NC(=S)Nc2ccc(Cl)cc2[N+](=O)[O-])cc1. The quantitative estimate of drug-likeness (QED) is 0.355. The number of hydrogen-bond donors (Lipinski definition) is 2. The number of carbonyl (C=O) groups excluding carboxylic acids is 2. The predicted octanol–water partition coefficient (Wildman–Crippen LogP) is 3.16. The lowest BCUT2D eigenvalue weighted by Gasteiger charge is -2.10. The van der Waals surface area contributed by atoms with Crippen LogP contribution in [0.2, 0.25) is 5.02 Å². The highest BCUT2D eigenvalue weighted by Crippen LogP contribution is 2.27. The molecule has 2 aromatic rings. The number of ether oxygens (including phenoxy) is 1. The minimum Gasteiger partial charge on any atom is -0.465 e. The summed E-state index contributed by atoms with van der Waals surface area (Å²) in [6.45, 7) is 0. The molecule has 2 aromatic carbocycles. The second-order valence-corrected chi connectivity index (χ2v) is 5.74. The Morgan fingerprint density at radius 2 is 1.77 bits per heavy atom. The van der Waals surface area contributed by atoms with Gasteiger partial charge >= 0.3 is 5.97 Å². The number of nitro groups is 1. The fourth-order valence-electron chi connectivity index (χ4n) is 1.97. The summed E-state index contributed by atoms with van der Waals surface area (Å²) in [4.78, 5) is 34.0. The second kappa shape index (κ2) is 8.37. The molecule has 0 fully saturated rings. The Morgan fingerprint density at radius 3 is 2.35 bits per heavy atom. The van der Waals surface area contributed by atoms with Crippen molar-refractivity contribution in [2.24, 2.45) is 0 Å². The molecule has 2 N–H and O–H groups in total. The summed E-state index contributed by atoms with van der Waals surface area (Å²) in [7, 11) is 1.25. The molecule has 134 valence electrons. The second-order valence-electron chi connectivity index (χ2n) is 4.90. The van der Waals surface area contributed by atoms with Crippen LogP contribution in [0, 0.1) is 10.1 Å². The molecule has 0 saturated carbocycles. The van der Waals surface area contributed by atoms with E-state index in [0.717, 1.165) is 0 Å². The number of halogens is 1. The van der Waals surface area contributed by atoms with Gasteiger partial charge in [-0.05, 0) is 48.6 Å². The van der Waals surface area contributed by atoms with Crippen LogP contribution in [0.4, 0.5) is 11.4 Å². The summed E-state index contributed by atoms with van der Waals surface area (Å²) in [6.07, 6.45) is 0. The van der Waals surface area contributed by atoms with E-state index in [4.69, 9.17) is 23.8 Å². The van der Waals surface area contributed by atoms with Gasteiger partial charge in [0.2, 0.25) is 0 Å². The van der Waals surface area contributed by atoms with Crippen LogP contribution in [0.25, 0.3) is 0 Å². The highest BCUT2D eigenvalue weighted by molar-refractivity contribution is 7.80. The van der Waals surface area contributed by atoms with Gasteiger partial charge in [-0.2, -0.15) is 0 Å². The van der Waals surface area contributed by atoms with Gasteiger partial charge < -0.3 is 10.1 Å². The number of benzene rings is 2. The van der Waals surface area contributed by atoms with Gasteiger partial charge in [-0.1, -0.05) is 11.6 Å². The van der Waals surface area contributed by atoms with Crippen LogP contribution in [0.15, 0.2) is 42.5 Å². The monoisotopic (exact) mass is 393 g/mol. The summed E-state index contributed by atoms with van der Waals surface area (Å²) < 4.78 is 4.57. The standard InChI is InChI=1S/C16H12ClN3O5S/c1-25-15(22)10-4-2-9(3-5-10)14(21)19-16(26)18-12-7-6-11(17)8-13(12)20(23)24/h2-8H,1H3,(H2,18,19,21,26). The fraction of sp³-hybridized carbons (Fsp3) is 0.0625. The average Bonchev–Trinajstić information content (AvgIpc) is 2.62. The molecule has 2 rings (SSSR count). The number of nitrogens with one attached hydrogen (secondary N) is 2. The van der Waals surface area contributed by atoms with Crippen molar-refractivity contribution in [2.75, 3.05) is 12.4 Å². The van der Waals surface area contributed by atoms with Crippen molar-refractivity contribution in [3.8, 4) is 0 Å². The maximum absolute atomic E-state index is 12.2. The number of nitro benzene ring substituents is 1. The first-order chi connectivity index (χ1) is 12.3. The summed E-state index contributed by atoms with van der Waals surface area (Å²) in [5.74, 6) is -1.07. The summed E-state index contributed by atoms with van der Waals surface area (Å²) in [6, 6.07) is 9.71. The Labute approximate surface area is 158 Å². The predicted molar refractivity (Wildman–Crippen MR) is 99.6 cm³/mol. The van der Waals surface area contributed by atoms with Gasteiger partial charge in [0, 0.05) is 16.7 Å². The largest absolute Gasteiger partial charge is 0.465 e. The van der Waals surface area contributed by atoms with E-state index in [-0.39, 0.29) is 27.1 Å². The van der Waals surface area contributed by atoms with E-state index >= 15 is 0 Å². The Bertz CT molecular complexity index is 886. The molecule has 0 unspecified atom stereocenters. The van der Waals surface area contributed by atoms with Gasteiger partial charge in [-0.15, -0.1) is 0 Å². The number of thiocarbonyl (C=S) groups is 1. The maximum atomic E-state index is 12.2. The molecule has 0 aliphatic rings. The Balaban J connectivity index is 2.07. The highest BCUT2D eigenvalue weighted by atomic mass is 35.5. The van der Waals surface area contributed by atoms with Crippen LogP contribution >= 0.6 is 23.8 Å². The molecule has 0 bridgehead atoms. The number of methoxy groups -OCH3 is 1. The Hall–Kier alpha value is -3.04. The lowest BCUT2D eigenvalue weighted by atomic mass is 10.1. The third kappa shape index (κ3) is 4.74. The van der Waals surface area contributed by atoms with Crippen LogP contribution in [-0.2, 0) is 4.74 Å². The molecule has 0 atom stereocenters. The van der Waals surface area contributed by atoms with Crippen LogP contribution in [-0.4, -0.2) is 29.0 Å². The smallest absolute Gasteiger partial charge is 0.337 e. The van der Waals surface area contributed by atoms with Crippen LogP contribution in [0.5, 0.6) is 0 Å². The fourth-order valence-corrected chi connectivity index (χ4v) is 2.33. The zero-order valence-corrected chi connectivity index (χ0v) is 14.9. The molecule has 8 nitrogen and oxygen atoms in total. The zero-order chi connectivity index (χ0) is 19.3.